The zero-order valence-electron chi connectivity index (χ0n) is 9.14. The minimum atomic E-state index is -1.14. The van der Waals surface area contributed by atoms with Crippen LogP contribution >= 0.6 is 0 Å². The second kappa shape index (κ2) is 5.07. The van der Waals surface area contributed by atoms with Gasteiger partial charge < -0.3 is 5.11 Å². The highest BCUT2D eigenvalue weighted by atomic mass is 16.6. The van der Waals surface area contributed by atoms with Gasteiger partial charge in [0, 0.05) is 11.1 Å². The van der Waals surface area contributed by atoms with Crippen LogP contribution in [0.4, 0.5) is 5.69 Å². The highest BCUT2D eigenvalue weighted by Gasteiger charge is 2.23. The second-order valence-electron chi connectivity index (χ2n) is 3.39. The first-order valence-corrected chi connectivity index (χ1v) is 4.92. The molecule has 1 aromatic carbocycles. The van der Waals surface area contributed by atoms with Crippen LogP contribution in [0.2, 0.25) is 0 Å². The lowest BCUT2D eigenvalue weighted by Gasteiger charge is -2.06. The number of hydrogen-bond donors (Lipinski definition) is 1. The zero-order valence-corrected chi connectivity index (χ0v) is 9.14. The van der Waals surface area contributed by atoms with Crippen molar-refractivity contribution in [1.82, 2.24) is 0 Å². The Hall–Kier alpha value is -2.42. The Morgan fingerprint density at radius 2 is 2.24 bits per heavy atom. The number of hydrogen-bond acceptors (Lipinski definition) is 4. The second-order valence-corrected chi connectivity index (χ2v) is 3.39. The largest absolute Gasteiger partial charge is 0.481 e. The van der Waals surface area contributed by atoms with Crippen molar-refractivity contribution in [2.24, 2.45) is 0 Å². The molecular formula is C11H10N2O4. The van der Waals surface area contributed by atoms with E-state index in [1.807, 2.05) is 6.07 Å². The van der Waals surface area contributed by atoms with Crippen LogP contribution in [0.25, 0.3) is 0 Å². The fourth-order valence-electron chi connectivity index (χ4n) is 1.68. The van der Waals surface area contributed by atoms with Crippen molar-refractivity contribution in [3.8, 4) is 6.07 Å². The molecule has 0 fully saturated rings. The average molecular weight is 234 g/mol. The van der Waals surface area contributed by atoms with E-state index in [-0.39, 0.29) is 22.4 Å². The van der Waals surface area contributed by atoms with Gasteiger partial charge in [-0.3, -0.25) is 14.9 Å². The molecule has 6 heteroatoms. The quantitative estimate of drug-likeness (QED) is 0.630. The summed E-state index contributed by atoms with van der Waals surface area (Å²) in [5.74, 6) is -1.14. The molecule has 0 saturated carbocycles. The van der Waals surface area contributed by atoms with Gasteiger partial charge in [0.05, 0.1) is 23.0 Å². The van der Waals surface area contributed by atoms with Crippen LogP contribution in [0.1, 0.15) is 23.6 Å². The molecule has 88 valence electrons. The molecular weight excluding hydrogens is 224 g/mol. The molecule has 0 aromatic heterocycles. The van der Waals surface area contributed by atoms with Gasteiger partial charge in [0.2, 0.25) is 0 Å². The maximum Gasteiger partial charge on any atom is 0.308 e. The maximum atomic E-state index is 11.0. The van der Waals surface area contributed by atoms with Crippen molar-refractivity contribution in [2.75, 3.05) is 0 Å². The molecule has 17 heavy (non-hydrogen) atoms. The van der Waals surface area contributed by atoms with E-state index in [1.54, 1.807) is 6.92 Å². The predicted molar refractivity (Wildman–Crippen MR) is 58.5 cm³/mol. The average Bonchev–Trinajstić information content (AvgIpc) is 2.26. The highest BCUT2D eigenvalue weighted by Crippen LogP contribution is 2.27. The molecule has 1 rings (SSSR count). The van der Waals surface area contributed by atoms with Gasteiger partial charge in [0.25, 0.3) is 5.69 Å². The standard InChI is InChI=1S/C11H10N2O4/c1-2-9-8(6-12)4-3-7(5-10(14)15)11(9)13(16)17/h3-4H,2,5H2,1H3,(H,14,15). The molecule has 0 heterocycles. The van der Waals surface area contributed by atoms with Crippen LogP contribution in [0, 0.1) is 21.4 Å². The van der Waals surface area contributed by atoms with E-state index in [1.165, 1.54) is 12.1 Å². The molecule has 0 atom stereocenters. The maximum absolute atomic E-state index is 11.0. The van der Waals surface area contributed by atoms with E-state index < -0.39 is 17.3 Å². The third kappa shape index (κ3) is 2.58. The summed E-state index contributed by atoms with van der Waals surface area (Å²) in [6.45, 7) is 1.69. The van der Waals surface area contributed by atoms with Gasteiger partial charge in [0.1, 0.15) is 0 Å². The van der Waals surface area contributed by atoms with Gasteiger partial charge in [-0.25, -0.2) is 0 Å². The lowest BCUT2D eigenvalue weighted by Crippen LogP contribution is -2.07. The van der Waals surface area contributed by atoms with Gasteiger partial charge in [0.15, 0.2) is 0 Å². The van der Waals surface area contributed by atoms with Gasteiger partial charge in [-0.05, 0) is 12.5 Å². The Morgan fingerprint density at radius 3 is 2.65 bits per heavy atom. The van der Waals surface area contributed by atoms with E-state index in [9.17, 15) is 14.9 Å². The van der Waals surface area contributed by atoms with E-state index in [0.29, 0.717) is 6.42 Å². The Labute approximate surface area is 97.3 Å². The Bertz CT molecular complexity index is 517. The molecule has 0 saturated heterocycles. The molecule has 1 aromatic rings. The van der Waals surface area contributed by atoms with Gasteiger partial charge >= 0.3 is 5.97 Å². The normalized spacial score (nSPS) is 9.65. The lowest BCUT2D eigenvalue weighted by atomic mass is 9.98. The Kier molecular flexibility index (Phi) is 3.78. The van der Waals surface area contributed by atoms with Crippen LogP contribution in [0.3, 0.4) is 0 Å². The number of nitrogens with zero attached hydrogens (tertiary/aromatic N) is 2. The molecule has 0 aliphatic carbocycles. The summed E-state index contributed by atoms with van der Waals surface area (Å²) in [6, 6.07) is 4.61. The number of nitriles is 1. The first-order valence-electron chi connectivity index (χ1n) is 4.92. The minimum absolute atomic E-state index is 0.123. The molecule has 0 unspecified atom stereocenters. The SMILES string of the molecule is CCc1c(C#N)ccc(CC(=O)O)c1[N+](=O)[O-]. The summed E-state index contributed by atoms with van der Waals surface area (Å²) in [7, 11) is 0. The lowest BCUT2D eigenvalue weighted by molar-refractivity contribution is -0.386. The number of benzene rings is 1. The van der Waals surface area contributed by atoms with E-state index in [4.69, 9.17) is 10.4 Å². The number of rotatable bonds is 4. The Morgan fingerprint density at radius 1 is 1.59 bits per heavy atom. The fraction of sp³-hybridized carbons (Fsp3) is 0.273. The number of nitro groups is 1. The molecule has 0 aliphatic rings. The van der Waals surface area contributed by atoms with Crippen LogP contribution in [0.15, 0.2) is 12.1 Å². The zero-order chi connectivity index (χ0) is 13.0. The fourth-order valence-corrected chi connectivity index (χ4v) is 1.68. The highest BCUT2D eigenvalue weighted by molar-refractivity contribution is 5.73. The van der Waals surface area contributed by atoms with Crippen molar-refractivity contribution in [2.45, 2.75) is 19.8 Å². The minimum Gasteiger partial charge on any atom is -0.481 e. The van der Waals surface area contributed by atoms with Crippen molar-refractivity contribution in [1.29, 1.82) is 5.26 Å². The summed E-state index contributed by atoms with van der Waals surface area (Å²) < 4.78 is 0. The van der Waals surface area contributed by atoms with E-state index >= 15 is 0 Å². The molecule has 0 aliphatic heterocycles. The van der Waals surface area contributed by atoms with Crippen LogP contribution in [-0.2, 0) is 17.6 Å². The number of nitro benzene ring substituents is 1. The van der Waals surface area contributed by atoms with Crippen LogP contribution < -0.4 is 0 Å². The third-order valence-electron chi connectivity index (χ3n) is 2.36. The number of aliphatic carboxylic acids is 1. The number of carbonyl (C=O) groups is 1. The third-order valence-corrected chi connectivity index (χ3v) is 2.36. The summed E-state index contributed by atoms with van der Waals surface area (Å²) in [4.78, 5) is 20.9. The predicted octanol–water partition coefficient (Wildman–Crippen LogP) is 1.66. The first kappa shape index (κ1) is 12.6. The van der Waals surface area contributed by atoms with Crippen LogP contribution in [0.5, 0.6) is 0 Å². The monoisotopic (exact) mass is 234 g/mol. The summed E-state index contributed by atoms with van der Waals surface area (Å²) >= 11 is 0. The van der Waals surface area contributed by atoms with Crippen molar-refractivity contribution in [3.05, 3.63) is 38.9 Å². The van der Waals surface area contributed by atoms with Crippen LogP contribution in [-0.4, -0.2) is 16.0 Å². The summed E-state index contributed by atoms with van der Waals surface area (Å²) in [5.41, 5.74) is 0.372. The summed E-state index contributed by atoms with van der Waals surface area (Å²) in [6.07, 6.45) is -0.109. The van der Waals surface area contributed by atoms with Crippen molar-refractivity contribution in [3.63, 3.8) is 0 Å². The van der Waals surface area contributed by atoms with Gasteiger partial charge in [-0.1, -0.05) is 13.0 Å². The molecule has 1 N–H and O–H groups in total. The smallest absolute Gasteiger partial charge is 0.308 e. The molecule has 6 nitrogen and oxygen atoms in total. The van der Waals surface area contributed by atoms with E-state index in [2.05, 4.69) is 0 Å². The van der Waals surface area contributed by atoms with Crippen molar-refractivity contribution >= 4 is 11.7 Å². The number of carboxylic acid groups (broad SMARTS) is 1. The molecule has 0 spiro atoms. The molecule has 0 bridgehead atoms. The van der Waals surface area contributed by atoms with Gasteiger partial charge in [-0.2, -0.15) is 5.26 Å². The number of carboxylic acids is 1. The topological polar surface area (TPSA) is 104 Å². The first-order chi connectivity index (χ1) is 8.01. The Balaban J connectivity index is 3.48. The molecule has 0 radical (unpaired) electrons. The molecule has 0 amide bonds. The van der Waals surface area contributed by atoms with Gasteiger partial charge in [-0.15, -0.1) is 0 Å². The van der Waals surface area contributed by atoms with E-state index in [0.717, 1.165) is 0 Å². The van der Waals surface area contributed by atoms with Crippen molar-refractivity contribution < 1.29 is 14.8 Å². The summed E-state index contributed by atoms with van der Waals surface area (Å²) in [5, 5.41) is 28.5.